The molecular weight excluding hydrogens is 319 g/mol. The van der Waals surface area contributed by atoms with Crippen molar-refractivity contribution < 1.29 is 18.3 Å². The molecule has 1 atom stereocenters. The quantitative estimate of drug-likeness (QED) is 0.907. The van der Waals surface area contributed by atoms with Crippen molar-refractivity contribution in [2.75, 3.05) is 13.1 Å². The van der Waals surface area contributed by atoms with Gasteiger partial charge in [-0.1, -0.05) is 18.2 Å². The summed E-state index contributed by atoms with van der Waals surface area (Å²) in [7, 11) is 0. The van der Waals surface area contributed by atoms with E-state index in [9.17, 15) is 18.3 Å². The molecular formula is C17H16F3N3O. The fraction of sp³-hybridized carbons (Fsp3) is 0.294. The van der Waals surface area contributed by atoms with E-state index in [-0.39, 0.29) is 5.56 Å². The van der Waals surface area contributed by atoms with Gasteiger partial charge in [0, 0.05) is 19.3 Å². The highest BCUT2D eigenvalue weighted by atomic mass is 19.4. The molecule has 1 aliphatic rings. The Morgan fingerprint density at radius 1 is 1.00 bits per heavy atom. The molecule has 2 heterocycles. The molecule has 0 saturated carbocycles. The highest BCUT2D eigenvalue weighted by molar-refractivity contribution is 5.94. The summed E-state index contributed by atoms with van der Waals surface area (Å²) in [6, 6.07) is 9.45. The third-order valence-corrected chi connectivity index (χ3v) is 3.91. The van der Waals surface area contributed by atoms with Gasteiger partial charge in [0.25, 0.3) is 0 Å². The van der Waals surface area contributed by atoms with Gasteiger partial charge in [0.1, 0.15) is 5.84 Å². The summed E-state index contributed by atoms with van der Waals surface area (Å²) in [6.45, 7) is 1.17. The fourth-order valence-corrected chi connectivity index (χ4v) is 2.66. The highest BCUT2D eigenvalue weighted by Crippen LogP contribution is 2.34. The van der Waals surface area contributed by atoms with Gasteiger partial charge in [-0.05, 0) is 36.2 Å². The minimum Gasteiger partial charge on any atom is -0.372 e. The number of amidine groups is 1. The van der Waals surface area contributed by atoms with Crippen molar-refractivity contribution in [2.45, 2.75) is 18.2 Å². The van der Waals surface area contributed by atoms with Gasteiger partial charge >= 0.3 is 6.18 Å². The number of alkyl halides is 3. The van der Waals surface area contributed by atoms with Crippen molar-refractivity contribution in [3.63, 3.8) is 0 Å². The number of aliphatic hydroxyl groups is 1. The molecule has 4 nitrogen and oxygen atoms in total. The van der Waals surface area contributed by atoms with Crippen LogP contribution in [0.25, 0.3) is 0 Å². The molecule has 0 amide bonds. The van der Waals surface area contributed by atoms with Crippen molar-refractivity contribution in [1.82, 2.24) is 10.3 Å². The molecule has 7 heteroatoms. The maximum atomic E-state index is 12.8. The van der Waals surface area contributed by atoms with Gasteiger partial charge in [0.05, 0.1) is 11.3 Å². The number of hydrogen-bond donors (Lipinski definition) is 2. The van der Waals surface area contributed by atoms with Crippen molar-refractivity contribution in [3.8, 4) is 0 Å². The van der Waals surface area contributed by atoms with Crippen LogP contribution in [-0.4, -0.2) is 29.0 Å². The Balaban J connectivity index is 2.10. The monoisotopic (exact) mass is 335 g/mol. The molecule has 1 aromatic carbocycles. The number of aliphatic imine (C=N–C) groups is 1. The lowest BCUT2D eigenvalue weighted by Crippen LogP contribution is -2.48. The van der Waals surface area contributed by atoms with Crippen LogP contribution in [0.3, 0.4) is 0 Å². The summed E-state index contributed by atoms with van der Waals surface area (Å²) in [5, 5.41) is 14.4. The molecule has 1 aliphatic heterocycles. The maximum absolute atomic E-state index is 12.8. The Morgan fingerprint density at radius 3 is 2.25 bits per heavy atom. The van der Waals surface area contributed by atoms with E-state index in [2.05, 4.69) is 15.3 Å². The Morgan fingerprint density at radius 2 is 1.71 bits per heavy atom. The van der Waals surface area contributed by atoms with Gasteiger partial charge in [-0.3, -0.25) is 9.98 Å². The van der Waals surface area contributed by atoms with Crippen molar-refractivity contribution >= 4 is 5.84 Å². The summed E-state index contributed by atoms with van der Waals surface area (Å²) in [5.74, 6) is 0.298. The topological polar surface area (TPSA) is 57.5 Å². The Labute approximate surface area is 137 Å². The first-order chi connectivity index (χ1) is 11.4. The smallest absolute Gasteiger partial charge is 0.372 e. The van der Waals surface area contributed by atoms with Crippen LogP contribution in [0.2, 0.25) is 0 Å². The van der Waals surface area contributed by atoms with E-state index in [4.69, 9.17) is 0 Å². The third-order valence-electron chi connectivity index (χ3n) is 3.91. The van der Waals surface area contributed by atoms with Gasteiger partial charge in [-0.2, -0.15) is 13.2 Å². The van der Waals surface area contributed by atoms with E-state index >= 15 is 0 Å². The third kappa shape index (κ3) is 2.99. The maximum Gasteiger partial charge on any atom is 0.416 e. The molecule has 2 N–H and O–H groups in total. The summed E-state index contributed by atoms with van der Waals surface area (Å²) in [5.41, 5.74) is -1.90. The number of pyridine rings is 1. The molecule has 24 heavy (non-hydrogen) atoms. The molecule has 3 rings (SSSR count). The van der Waals surface area contributed by atoms with Crippen LogP contribution in [0.5, 0.6) is 0 Å². The number of hydrogen-bond acceptors (Lipinski definition) is 4. The second kappa shape index (κ2) is 6.24. The van der Waals surface area contributed by atoms with Gasteiger partial charge in [0.2, 0.25) is 0 Å². The lowest BCUT2D eigenvalue weighted by atomic mass is 9.87. The minimum absolute atomic E-state index is 0.280. The second-order valence-corrected chi connectivity index (χ2v) is 5.51. The standard InChI is InChI=1S/C17H16F3N3O/c18-17(19,20)13-7-5-12(6-8-13)16(24,14-4-1-2-9-21-14)15-22-10-3-11-23-15/h1-2,4-9,24H,3,10-11H2,(H,22,23). The van der Waals surface area contributed by atoms with Gasteiger partial charge in [0.15, 0.2) is 5.60 Å². The average Bonchev–Trinajstić information content (AvgIpc) is 2.62. The van der Waals surface area contributed by atoms with Crippen LogP contribution < -0.4 is 5.32 Å². The number of halogens is 3. The number of nitrogens with zero attached hydrogens (tertiary/aromatic N) is 2. The van der Waals surface area contributed by atoms with E-state index in [0.29, 0.717) is 24.6 Å². The first kappa shape index (κ1) is 16.4. The van der Waals surface area contributed by atoms with E-state index < -0.39 is 17.3 Å². The number of rotatable bonds is 3. The molecule has 0 fully saturated rings. The molecule has 0 saturated heterocycles. The zero-order valence-corrected chi connectivity index (χ0v) is 12.7. The van der Waals surface area contributed by atoms with E-state index in [1.807, 2.05) is 0 Å². The normalized spacial score (nSPS) is 17.6. The predicted octanol–water partition coefficient (Wildman–Crippen LogP) is 2.73. The second-order valence-electron chi connectivity index (χ2n) is 5.51. The molecule has 1 aromatic heterocycles. The van der Waals surface area contributed by atoms with Gasteiger partial charge < -0.3 is 10.4 Å². The van der Waals surface area contributed by atoms with Crippen LogP contribution in [0.4, 0.5) is 13.2 Å². The average molecular weight is 335 g/mol. The van der Waals surface area contributed by atoms with Crippen molar-refractivity contribution in [1.29, 1.82) is 0 Å². The number of nitrogens with one attached hydrogen (secondary N) is 1. The van der Waals surface area contributed by atoms with Gasteiger partial charge in [-0.25, -0.2) is 0 Å². The van der Waals surface area contributed by atoms with Crippen LogP contribution in [-0.2, 0) is 11.8 Å². The zero-order valence-electron chi connectivity index (χ0n) is 12.7. The highest BCUT2D eigenvalue weighted by Gasteiger charge is 2.40. The molecule has 0 aliphatic carbocycles. The Kier molecular flexibility index (Phi) is 4.28. The lowest BCUT2D eigenvalue weighted by molar-refractivity contribution is -0.137. The van der Waals surface area contributed by atoms with Gasteiger partial charge in [-0.15, -0.1) is 0 Å². The molecule has 2 aromatic rings. The van der Waals surface area contributed by atoms with Crippen molar-refractivity contribution in [2.24, 2.45) is 4.99 Å². The summed E-state index contributed by atoms with van der Waals surface area (Å²) in [4.78, 5) is 8.50. The molecule has 126 valence electrons. The van der Waals surface area contributed by atoms with Crippen LogP contribution in [0, 0.1) is 0 Å². The first-order valence-electron chi connectivity index (χ1n) is 7.53. The Bertz CT molecular complexity index is 729. The molecule has 0 radical (unpaired) electrons. The van der Waals surface area contributed by atoms with Crippen LogP contribution in [0.15, 0.2) is 53.7 Å². The van der Waals surface area contributed by atoms with Crippen LogP contribution >= 0.6 is 0 Å². The van der Waals surface area contributed by atoms with E-state index in [0.717, 1.165) is 18.6 Å². The van der Waals surface area contributed by atoms with E-state index in [1.54, 1.807) is 18.2 Å². The lowest BCUT2D eigenvalue weighted by Gasteiger charge is -2.32. The molecule has 0 bridgehead atoms. The number of benzene rings is 1. The largest absolute Gasteiger partial charge is 0.416 e. The molecule has 1 unspecified atom stereocenters. The van der Waals surface area contributed by atoms with Crippen molar-refractivity contribution in [3.05, 3.63) is 65.5 Å². The summed E-state index contributed by atoms with van der Waals surface area (Å²) in [6.07, 6.45) is -2.08. The summed E-state index contributed by atoms with van der Waals surface area (Å²) < 4.78 is 38.3. The SMILES string of the molecule is OC(C1=NCCCN1)(c1ccc(C(F)(F)F)cc1)c1ccccn1. The molecule has 0 spiro atoms. The summed E-state index contributed by atoms with van der Waals surface area (Å²) >= 11 is 0. The minimum atomic E-state index is -4.43. The van der Waals surface area contributed by atoms with E-state index in [1.165, 1.54) is 18.3 Å². The first-order valence-corrected chi connectivity index (χ1v) is 7.53. The zero-order chi connectivity index (χ0) is 17.2. The van der Waals surface area contributed by atoms with Crippen LogP contribution in [0.1, 0.15) is 23.2 Å². The Hall–Kier alpha value is -2.41. The predicted molar refractivity (Wildman–Crippen MR) is 83.6 cm³/mol. The number of aromatic nitrogens is 1. The fourth-order valence-electron chi connectivity index (χ4n) is 2.66.